The fraction of sp³-hybridized carbons (Fsp3) is 0.286. The van der Waals surface area contributed by atoms with Crippen molar-refractivity contribution in [2.24, 2.45) is 4.99 Å². The second kappa shape index (κ2) is 4.06. The molecule has 4 nitrogen and oxygen atoms in total. The lowest BCUT2D eigenvalue weighted by Crippen LogP contribution is -2.34. The lowest BCUT2D eigenvalue weighted by atomic mass is 10.4. The van der Waals surface area contributed by atoms with Gasteiger partial charge in [-0.05, 0) is 0 Å². The number of carbonyl (C=O) groups is 2. The summed E-state index contributed by atoms with van der Waals surface area (Å²) in [5, 5.41) is 2.86. The van der Waals surface area contributed by atoms with Crippen LogP contribution in [0, 0.1) is 0 Å². The summed E-state index contributed by atoms with van der Waals surface area (Å²) in [4.78, 5) is 25.2. The molecule has 64 valence electrons. The van der Waals surface area contributed by atoms with Gasteiger partial charge in [0, 0.05) is 5.75 Å². The van der Waals surface area contributed by atoms with E-state index in [-0.39, 0.29) is 18.2 Å². The van der Waals surface area contributed by atoms with E-state index in [4.69, 9.17) is 0 Å². The Bertz CT molecular complexity index is 260. The number of amidine groups is 1. The number of rotatable bonds is 2. The van der Waals surface area contributed by atoms with E-state index in [1.807, 2.05) is 0 Å². The van der Waals surface area contributed by atoms with Crippen LogP contribution in [0.3, 0.4) is 0 Å². The molecule has 0 aromatic rings. The van der Waals surface area contributed by atoms with Crippen LogP contribution in [0.1, 0.15) is 6.42 Å². The first-order valence-corrected chi connectivity index (χ1v) is 4.36. The second-order valence-corrected chi connectivity index (χ2v) is 3.14. The molecule has 5 heteroatoms. The van der Waals surface area contributed by atoms with Crippen LogP contribution in [-0.2, 0) is 9.59 Å². The topological polar surface area (TPSA) is 58.5 Å². The average Bonchev–Trinajstić information content (AvgIpc) is 1.99. The van der Waals surface area contributed by atoms with Crippen LogP contribution >= 0.6 is 11.8 Å². The predicted octanol–water partition coefficient (Wildman–Crippen LogP) is 0.308. The molecule has 0 spiro atoms. The monoisotopic (exact) mass is 184 g/mol. The lowest BCUT2D eigenvalue weighted by molar-refractivity contribution is -0.127. The summed E-state index contributed by atoms with van der Waals surface area (Å²) >= 11 is 1.28. The Morgan fingerprint density at radius 2 is 2.42 bits per heavy atom. The smallest absolute Gasteiger partial charge is 0.257 e. The molecule has 0 atom stereocenters. The highest BCUT2D eigenvalue weighted by molar-refractivity contribution is 8.14. The van der Waals surface area contributed by atoms with Crippen LogP contribution in [0.5, 0.6) is 0 Å². The molecular weight excluding hydrogens is 176 g/mol. The number of aliphatic imine (C=N–C) groups is 1. The van der Waals surface area contributed by atoms with Gasteiger partial charge in [0.25, 0.3) is 5.91 Å². The molecule has 1 rings (SSSR count). The van der Waals surface area contributed by atoms with E-state index >= 15 is 0 Å². The minimum atomic E-state index is -0.384. The van der Waals surface area contributed by atoms with Crippen LogP contribution in [-0.4, -0.2) is 22.7 Å². The molecule has 12 heavy (non-hydrogen) atoms. The maximum Gasteiger partial charge on any atom is 0.257 e. The fourth-order valence-electron chi connectivity index (χ4n) is 0.688. The third-order valence-corrected chi connectivity index (χ3v) is 1.99. The molecule has 2 amide bonds. The van der Waals surface area contributed by atoms with Crippen molar-refractivity contribution in [3.05, 3.63) is 12.7 Å². The van der Waals surface area contributed by atoms with Gasteiger partial charge in [-0.3, -0.25) is 9.59 Å². The molecule has 1 aliphatic rings. The van der Waals surface area contributed by atoms with Crippen LogP contribution in [0.2, 0.25) is 0 Å². The van der Waals surface area contributed by atoms with Crippen LogP contribution in [0.25, 0.3) is 0 Å². The highest BCUT2D eigenvalue weighted by atomic mass is 32.2. The Kier molecular flexibility index (Phi) is 3.04. The predicted molar refractivity (Wildman–Crippen MR) is 47.9 cm³/mol. The molecule has 1 heterocycles. The van der Waals surface area contributed by atoms with Gasteiger partial charge in [-0.25, -0.2) is 0 Å². The summed E-state index contributed by atoms with van der Waals surface area (Å²) in [6, 6.07) is 0. The molecular formula is C7H8N2O2S. The third kappa shape index (κ3) is 2.50. The van der Waals surface area contributed by atoms with Gasteiger partial charge in [0.05, 0.1) is 0 Å². The molecule has 0 fully saturated rings. The third-order valence-electron chi connectivity index (χ3n) is 1.12. The number of amides is 2. The molecule has 0 radical (unpaired) electrons. The SMILES string of the molecule is C=CCSC1=NC(=O)CC(=O)N1. The fourth-order valence-corrected chi connectivity index (χ4v) is 1.32. The zero-order chi connectivity index (χ0) is 8.97. The van der Waals surface area contributed by atoms with Crippen LogP contribution in [0.4, 0.5) is 0 Å². The summed E-state index contributed by atoms with van der Waals surface area (Å²) in [7, 11) is 0. The number of hydrogen-bond donors (Lipinski definition) is 1. The molecule has 1 N–H and O–H groups in total. The Morgan fingerprint density at radius 1 is 1.67 bits per heavy atom. The first kappa shape index (κ1) is 8.99. The van der Waals surface area contributed by atoms with Gasteiger partial charge >= 0.3 is 0 Å². The van der Waals surface area contributed by atoms with Crippen LogP contribution in [0.15, 0.2) is 17.6 Å². The van der Waals surface area contributed by atoms with Gasteiger partial charge in [0.2, 0.25) is 5.91 Å². The molecule has 0 aromatic carbocycles. The van der Waals surface area contributed by atoms with E-state index in [1.54, 1.807) is 6.08 Å². The zero-order valence-electron chi connectivity index (χ0n) is 6.37. The zero-order valence-corrected chi connectivity index (χ0v) is 7.19. The van der Waals surface area contributed by atoms with Crippen molar-refractivity contribution in [3.8, 4) is 0 Å². The molecule has 0 bridgehead atoms. The first-order valence-electron chi connectivity index (χ1n) is 3.37. The Morgan fingerprint density at radius 3 is 3.00 bits per heavy atom. The molecule has 0 unspecified atom stereocenters. The minimum absolute atomic E-state index is 0.141. The Balaban J connectivity index is 2.57. The lowest BCUT2D eigenvalue weighted by Gasteiger charge is -2.09. The minimum Gasteiger partial charge on any atom is -0.305 e. The van der Waals surface area contributed by atoms with Crippen molar-refractivity contribution in [3.63, 3.8) is 0 Å². The van der Waals surface area contributed by atoms with Crippen molar-refractivity contribution < 1.29 is 9.59 Å². The highest BCUT2D eigenvalue weighted by Gasteiger charge is 2.17. The number of nitrogens with one attached hydrogen (secondary N) is 1. The quantitative estimate of drug-likeness (QED) is 0.496. The number of thioether (sulfide) groups is 1. The van der Waals surface area contributed by atoms with E-state index in [2.05, 4.69) is 16.9 Å². The van der Waals surface area contributed by atoms with Crippen LogP contribution < -0.4 is 5.32 Å². The maximum atomic E-state index is 10.8. The maximum absolute atomic E-state index is 10.8. The van der Waals surface area contributed by atoms with Crippen molar-refractivity contribution >= 4 is 28.7 Å². The second-order valence-electron chi connectivity index (χ2n) is 2.14. The summed E-state index contributed by atoms with van der Waals surface area (Å²) in [5.74, 6) is -0.0428. The van der Waals surface area contributed by atoms with E-state index < -0.39 is 0 Å². The Labute approximate surface area is 74.1 Å². The largest absolute Gasteiger partial charge is 0.305 e. The van der Waals surface area contributed by atoms with Crippen molar-refractivity contribution in [1.29, 1.82) is 0 Å². The average molecular weight is 184 g/mol. The highest BCUT2D eigenvalue weighted by Crippen LogP contribution is 2.06. The molecule has 0 aromatic heterocycles. The first-order chi connectivity index (χ1) is 5.72. The van der Waals surface area contributed by atoms with Gasteiger partial charge < -0.3 is 5.32 Å². The van der Waals surface area contributed by atoms with Crippen molar-refractivity contribution in [2.75, 3.05) is 5.75 Å². The van der Waals surface area contributed by atoms with E-state index in [9.17, 15) is 9.59 Å². The van der Waals surface area contributed by atoms with Crippen molar-refractivity contribution in [1.82, 2.24) is 5.32 Å². The normalized spacial score (nSPS) is 16.8. The number of hydrogen-bond acceptors (Lipinski definition) is 3. The molecule has 0 saturated carbocycles. The van der Waals surface area contributed by atoms with E-state index in [0.717, 1.165) is 0 Å². The van der Waals surface area contributed by atoms with Gasteiger partial charge in [-0.15, -0.1) is 6.58 Å². The molecule has 0 saturated heterocycles. The van der Waals surface area contributed by atoms with Gasteiger partial charge in [0.1, 0.15) is 6.42 Å². The summed E-state index contributed by atoms with van der Waals surface area (Å²) in [6.45, 7) is 3.51. The summed E-state index contributed by atoms with van der Waals surface area (Å²) in [5.41, 5.74) is 0. The molecule has 1 aliphatic heterocycles. The number of carbonyl (C=O) groups excluding carboxylic acids is 2. The summed E-state index contributed by atoms with van der Waals surface area (Å²) < 4.78 is 0. The van der Waals surface area contributed by atoms with E-state index in [1.165, 1.54) is 11.8 Å². The van der Waals surface area contributed by atoms with Crippen molar-refractivity contribution in [2.45, 2.75) is 6.42 Å². The van der Waals surface area contributed by atoms with Gasteiger partial charge in [0.15, 0.2) is 5.17 Å². The molecule has 0 aliphatic carbocycles. The van der Waals surface area contributed by atoms with E-state index in [0.29, 0.717) is 10.9 Å². The summed E-state index contributed by atoms with van der Waals surface area (Å²) in [6.07, 6.45) is 1.54. The van der Waals surface area contributed by atoms with Gasteiger partial charge in [-0.2, -0.15) is 4.99 Å². The Hall–Kier alpha value is -1.10. The van der Waals surface area contributed by atoms with Gasteiger partial charge in [-0.1, -0.05) is 17.8 Å². The number of nitrogens with zero attached hydrogens (tertiary/aromatic N) is 1. The standard InChI is InChI=1S/C7H8N2O2S/c1-2-3-12-7-8-5(10)4-6(11)9-7/h2H,1,3-4H2,(H,8,9,10,11).